The summed E-state index contributed by atoms with van der Waals surface area (Å²) in [5, 5.41) is 8.24. The summed E-state index contributed by atoms with van der Waals surface area (Å²) < 4.78 is 38.0. The third-order valence-corrected chi connectivity index (χ3v) is 15.9. The summed E-state index contributed by atoms with van der Waals surface area (Å²) in [7, 11) is -2.92. The van der Waals surface area contributed by atoms with Gasteiger partial charge in [0.2, 0.25) is 11.9 Å². The zero-order valence-electron chi connectivity index (χ0n) is 34.6. The van der Waals surface area contributed by atoms with Gasteiger partial charge in [0.25, 0.3) is 0 Å². The lowest BCUT2D eigenvalue weighted by Gasteiger charge is -2.34. The molecule has 3 aromatic heterocycles. The van der Waals surface area contributed by atoms with Crippen LogP contribution in [-0.2, 0) is 0 Å². The molecule has 6 heteroatoms. The predicted octanol–water partition coefficient (Wildman–Crippen LogP) is 9.11. The van der Waals surface area contributed by atoms with E-state index in [1.807, 2.05) is 57.7 Å². The van der Waals surface area contributed by atoms with E-state index in [-0.39, 0.29) is 0 Å². The molecule has 0 fully saturated rings. The molecule has 0 aliphatic carbocycles. The topological polar surface area (TPSA) is 48.5 Å². The van der Waals surface area contributed by atoms with Gasteiger partial charge in [0.05, 0.1) is 27.5 Å². The number of aromatic nitrogens is 5. The van der Waals surface area contributed by atoms with Gasteiger partial charge in [-0.05, 0) is 45.0 Å². The maximum absolute atomic E-state index is 8.51. The highest BCUT2D eigenvalue weighted by atomic mass is 28.3. The minimum absolute atomic E-state index is 0.367. The molecule has 0 saturated heterocycles. The van der Waals surface area contributed by atoms with Crippen molar-refractivity contribution >= 4 is 72.4 Å². The van der Waals surface area contributed by atoms with Crippen LogP contribution in [-0.4, -0.2) is 32.2 Å². The van der Waals surface area contributed by atoms with Crippen molar-refractivity contribution in [1.29, 1.82) is 0 Å². The van der Waals surface area contributed by atoms with Crippen molar-refractivity contribution in [2.75, 3.05) is 0 Å². The maximum Gasteiger partial charge on any atom is 0.240 e. The van der Waals surface area contributed by atoms with Crippen LogP contribution in [0.3, 0.4) is 0 Å². The van der Waals surface area contributed by atoms with Gasteiger partial charge in [-0.2, -0.15) is 15.0 Å². The third-order valence-electron chi connectivity index (χ3n) is 11.1. The number of rotatable bonds is 7. The zero-order valence-corrected chi connectivity index (χ0v) is 31.6. The van der Waals surface area contributed by atoms with E-state index in [9.17, 15) is 0 Å². The van der Waals surface area contributed by atoms with Crippen molar-refractivity contribution in [2.24, 2.45) is 0 Å². The van der Waals surface area contributed by atoms with Crippen LogP contribution in [0.2, 0.25) is 0 Å². The molecule has 3 heterocycles. The molecule has 0 aliphatic rings. The molecule has 8 aromatic carbocycles. The first-order valence-electron chi connectivity index (χ1n) is 20.9. The minimum atomic E-state index is -2.92. The molecule has 0 spiro atoms. The summed E-state index contributed by atoms with van der Waals surface area (Å²) in [6, 6.07) is 64.5. The number of hydrogen-bond acceptors (Lipinski definition) is 3. The second-order valence-electron chi connectivity index (χ2n) is 14.1. The summed E-state index contributed by atoms with van der Waals surface area (Å²) >= 11 is 0. The molecular weight excluding hydrogens is 711 g/mol. The Labute approximate surface area is 336 Å². The molecule has 0 amide bonds. The van der Waals surface area contributed by atoms with Gasteiger partial charge in [-0.15, -0.1) is 0 Å². The Hall–Kier alpha value is -7.41. The quantitative estimate of drug-likeness (QED) is 0.121. The number of nitrogens with zero attached hydrogens (tertiary/aromatic N) is 5. The van der Waals surface area contributed by atoms with Gasteiger partial charge in [-0.3, -0.25) is 9.13 Å². The number of fused-ring (bicyclic) bond motifs is 6. The average Bonchev–Trinajstić information content (AvgIpc) is 3.78. The summed E-state index contributed by atoms with van der Waals surface area (Å²) in [6.07, 6.45) is 0. The largest absolute Gasteiger partial charge is 0.278 e. The van der Waals surface area contributed by atoms with E-state index in [0.29, 0.717) is 41.9 Å². The molecule has 0 N–H and O–H groups in total. The Morgan fingerprint density at radius 2 is 0.719 bits per heavy atom. The fourth-order valence-electron chi connectivity index (χ4n) is 8.66. The van der Waals surface area contributed by atoms with Crippen LogP contribution in [0, 0.1) is 0 Å². The maximum atomic E-state index is 8.51. The van der Waals surface area contributed by atoms with Gasteiger partial charge in [0.1, 0.15) is 0 Å². The number of para-hydroxylation sites is 4. The minimum Gasteiger partial charge on any atom is -0.278 e. The van der Waals surface area contributed by atoms with Crippen molar-refractivity contribution in [3.8, 4) is 23.3 Å². The van der Waals surface area contributed by atoms with Gasteiger partial charge < -0.3 is 0 Å². The molecule has 0 saturated carbocycles. The van der Waals surface area contributed by atoms with E-state index in [0.717, 1.165) is 49.2 Å². The Bertz CT molecular complexity index is 3120. The lowest BCUT2D eigenvalue weighted by atomic mass is 10.2. The molecule has 57 heavy (non-hydrogen) atoms. The first-order valence-corrected chi connectivity index (χ1v) is 20.9. The Kier molecular flexibility index (Phi) is 6.81. The number of benzene rings is 8. The molecule has 11 rings (SSSR count). The Morgan fingerprint density at radius 1 is 0.351 bits per heavy atom. The molecular formula is C51H35N5Si. The second kappa shape index (κ2) is 13.4. The molecule has 11 aromatic rings. The first-order chi connectivity index (χ1) is 29.9. The molecule has 0 atom stereocenters. The van der Waals surface area contributed by atoms with E-state index >= 15 is 0 Å². The van der Waals surface area contributed by atoms with Gasteiger partial charge in [-0.1, -0.05) is 188 Å². The van der Waals surface area contributed by atoms with E-state index in [2.05, 4.69) is 115 Å². The van der Waals surface area contributed by atoms with Crippen LogP contribution in [0.1, 0.15) is 5.48 Å². The predicted molar refractivity (Wildman–Crippen MR) is 238 cm³/mol. The van der Waals surface area contributed by atoms with Crippen molar-refractivity contribution in [3.05, 3.63) is 212 Å². The fraction of sp³-hybridized carbons (Fsp3) is 0. The Balaban J connectivity index is 1.23. The SMILES string of the molecule is [2H]c1ccc2c(c1)c1cc([2H])ccc1n2-c1nc(-c2cccc([Si](c3ccccc3)(c3ccccc3)c3ccccc3)c2)nc(-n2c3ccc([2H])cc3c3cc([2H])ccc32)n1. The Morgan fingerprint density at radius 3 is 1.11 bits per heavy atom. The molecule has 268 valence electrons. The summed E-state index contributed by atoms with van der Waals surface area (Å²) in [5.74, 6) is 1.22. The monoisotopic (exact) mass is 749 g/mol. The lowest BCUT2D eigenvalue weighted by Crippen LogP contribution is -2.74. The highest BCUT2D eigenvalue weighted by Crippen LogP contribution is 2.34. The summed E-state index contributed by atoms with van der Waals surface area (Å²) in [4.78, 5) is 15.9. The van der Waals surface area contributed by atoms with E-state index < -0.39 is 8.07 Å². The van der Waals surface area contributed by atoms with Gasteiger partial charge in [-0.25, -0.2) is 0 Å². The van der Waals surface area contributed by atoms with Gasteiger partial charge >= 0.3 is 0 Å². The molecule has 0 aliphatic heterocycles. The van der Waals surface area contributed by atoms with E-state index in [4.69, 9.17) is 20.4 Å². The van der Waals surface area contributed by atoms with Crippen molar-refractivity contribution in [2.45, 2.75) is 0 Å². The van der Waals surface area contributed by atoms with Crippen molar-refractivity contribution < 1.29 is 5.48 Å². The fourth-order valence-corrected chi connectivity index (χ4v) is 13.5. The van der Waals surface area contributed by atoms with Crippen LogP contribution in [0.4, 0.5) is 0 Å². The van der Waals surface area contributed by atoms with Gasteiger partial charge in [0, 0.05) is 27.1 Å². The normalized spacial score (nSPS) is 12.8. The molecule has 0 bridgehead atoms. The summed E-state index contributed by atoms with van der Waals surface area (Å²) in [6.45, 7) is 0. The van der Waals surface area contributed by atoms with Crippen LogP contribution in [0.15, 0.2) is 212 Å². The molecule has 5 nitrogen and oxygen atoms in total. The van der Waals surface area contributed by atoms with E-state index in [1.165, 1.54) is 20.7 Å². The summed E-state index contributed by atoms with van der Waals surface area (Å²) in [5.41, 5.74) is 4.02. The lowest BCUT2D eigenvalue weighted by molar-refractivity contribution is 0.893. The smallest absolute Gasteiger partial charge is 0.240 e. The average molecular weight is 750 g/mol. The van der Waals surface area contributed by atoms with E-state index in [1.54, 1.807) is 24.3 Å². The number of hydrogen-bond donors (Lipinski definition) is 0. The molecule has 0 unspecified atom stereocenters. The first kappa shape index (κ1) is 29.0. The van der Waals surface area contributed by atoms with Crippen LogP contribution < -0.4 is 20.7 Å². The van der Waals surface area contributed by atoms with Crippen LogP contribution in [0.25, 0.3) is 66.9 Å². The van der Waals surface area contributed by atoms with Crippen molar-refractivity contribution in [1.82, 2.24) is 24.1 Å². The van der Waals surface area contributed by atoms with Gasteiger partial charge in [0.15, 0.2) is 13.9 Å². The third kappa shape index (κ3) is 5.19. The molecule has 0 radical (unpaired) electrons. The highest BCUT2D eigenvalue weighted by molar-refractivity contribution is 7.19. The zero-order chi connectivity index (χ0) is 41.2. The standard InChI is InChI=1S/C51H35N5Si/c1-4-20-37(21-5-1)57(38-22-6-2-7-23-38,39-24-8-3-9-25-39)40-26-18-19-36(35-40)49-52-50(55-45-31-14-10-27-41(45)42-28-11-15-32-46(42)55)54-51(53-49)56-47-33-16-12-29-43(47)44-30-13-17-34-48(44)56/h1-35H/i10D,11D,12D,13D. The van der Waals surface area contributed by atoms with Crippen LogP contribution >= 0.6 is 0 Å². The highest BCUT2D eigenvalue weighted by Gasteiger charge is 2.41. The second-order valence-corrected chi connectivity index (χ2v) is 17.9. The van der Waals surface area contributed by atoms with Crippen LogP contribution in [0.5, 0.6) is 0 Å². The van der Waals surface area contributed by atoms with Crippen molar-refractivity contribution in [3.63, 3.8) is 0 Å².